The van der Waals surface area contributed by atoms with Gasteiger partial charge in [0.15, 0.2) is 28.6 Å². The van der Waals surface area contributed by atoms with Gasteiger partial charge in [0.05, 0.1) is 11.3 Å². The van der Waals surface area contributed by atoms with E-state index in [0.717, 1.165) is 5.56 Å². The summed E-state index contributed by atoms with van der Waals surface area (Å²) in [5.74, 6) is 1.49. The molecule has 33 heavy (non-hydrogen) atoms. The van der Waals surface area contributed by atoms with Gasteiger partial charge < -0.3 is 14.8 Å². The molecule has 3 unspecified atom stereocenters. The highest BCUT2D eigenvalue weighted by atomic mass is 32.2. The summed E-state index contributed by atoms with van der Waals surface area (Å²) in [6.07, 6.45) is 1.32. The second-order valence-electron chi connectivity index (χ2n) is 7.65. The fraction of sp³-hybridized carbons (Fsp3) is 0.292. The van der Waals surface area contributed by atoms with Crippen molar-refractivity contribution in [3.05, 3.63) is 78.4 Å². The summed E-state index contributed by atoms with van der Waals surface area (Å²) in [7, 11) is 0. The smallest absolute Gasteiger partial charge is 0.233 e. The normalized spacial score (nSPS) is 16.6. The molecule has 0 fully saturated rings. The first-order valence-corrected chi connectivity index (χ1v) is 11.5. The third-order valence-electron chi connectivity index (χ3n) is 5.23. The zero-order chi connectivity index (χ0) is 23.4. The van der Waals surface area contributed by atoms with E-state index in [4.69, 9.17) is 9.47 Å². The van der Waals surface area contributed by atoms with Crippen LogP contribution in [0.5, 0.6) is 11.5 Å². The largest absolute Gasteiger partial charge is 0.485 e. The van der Waals surface area contributed by atoms with Crippen molar-refractivity contribution in [2.24, 2.45) is 0 Å². The van der Waals surface area contributed by atoms with Crippen LogP contribution in [0.3, 0.4) is 0 Å². The molecule has 1 amide bonds. The quantitative estimate of drug-likeness (QED) is 0.388. The lowest BCUT2D eigenvalue weighted by atomic mass is 10.1. The van der Waals surface area contributed by atoms with Crippen molar-refractivity contribution in [1.82, 2.24) is 20.1 Å². The number of fused-ring (bicyclic) bond motifs is 1. The Morgan fingerprint density at radius 1 is 1.24 bits per heavy atom. The van der Waals surface area contributed by atoms with E-state index in [2.05, 4.69) is 22.1 Å². The third-order valence-corrected chi connectivity index (χ3v) is 6.31. The van der Waals surface area contributed by atoms with Gasteiger partial charge in [0.1, 0.15) is 12.4 Å². The molecule has 3 aromatic rings. The number of amides is 1. The minimum absolute atomic E-state index is 0.155. The minimum atomic E-state index is -0.433. The van der Waals surface area contributed by atoms with E-state index in [1.165, 1.54) is 23.9 Å². The predicted octanol–water partition coefficient (Wildman–Crippen LogP) is 4.47. The van der Waals surface area contributed by atoms with Crippen molar-refractivity contribution in [2.45, 2.75) is 42.9 Å². The minimum Gasteiger partial charge on any atom is -0.485 e. The van der Waals surface area contributed by atoms with Gasteiger partial charge in [-0.15, -0.1) is 16.8 Å². The fourth-order valence-electron chi connectivity index (χ4n) is 3.45. The van der Waals surface area contributed by atoms with Gasteiger partial charge in [0.25, 0.3) is 0 Å². The number of para-hydroxylation sites is 2. The molecule has 2 aromatic carbocycles. The first-order chi connectivity index (χ1) is 16.0. The van der Waals surface area contributed by atoms with Gasteiger partial charge in [-0.2, -0.15) is 0 Å². The number of hydrogen-bond acceptors (Lipinski definition) is 6. The van der Waals surface area contributed by atoms with Crippen LogP contribution >= 0.6 is 11.8 Å². The van der Waals surface area contributed by atoms with Crippen LogP contribution in [0.25, 0.3) is 0 Å². The Bertz CT molecular complexity index is 1130. The van der Waals surface area contributed by atoms with Crippen LogP contribution in [0.15, 0.2) is 66.3 Å². The molecule has 172 valence electrons. The molecular weight excluding hydrogens is 443 g/mol. The molecule has 4 rings (SSSR count). The molecular formula is C24H25FN4O3S. The molecule has 0 radical (unpaired) electrons. The number of rotatable bonds is 8. The number of halogens is 1. The molecule has 0 aliphatic carbocycles. The number of aromatic nitrogens is 3. The highest BCUT2D eigenvalue weighted by Gasteiger charge is 2.29. The van der Waals surface area contributed by atoms with Crippen LogP contribution < -0.4 is 14.8 Å². The van der Waals surface area contributed by atoms with Crippen molar-refractivity contribution < 1.29 is 18.7 Å². The van der Waals surface area contributed by atoms with Gasteiger partial charge in [-0.1, -0.05) is 42.1 Å². The van der Waals surface area contributed by atoms with Gasteiger partial charge in [-0.3, -0.25) is 9.36 Å². The Balaban J connectivity index is 1.45. The summed E-state index contributed by atoms with van der Waals surface area (Å²) >= 11 is 1.30. The second-order valence-corrected chi connectivity index (χ2v) is 8.95. The van der Waals surface area contributed by atoms with Crippen LogP contribution in [-0.4, -0.2) is 32.5 Å². The zero-order valence-corrected chi connectivity index (χ0v) is 19.2. The number of ether oxygens (including phenoxy) is 2. The number of nitrogens with one attached hydrogen (secondary N) is 1. The Labute approximate surface area is 196 Å². The predicted molar refractivity (Wildman–Crippen MR) is 124 cm³/mol. The summed E-state index contributed by atoms with van der Waals surface area (Å²) in [6.45, 7) is 8.27. The summed E-state index contributed by atoms with van der Waals surface area (Å²) in [5, 5.41) is 11.8. The van der Waals surface area contributed by atoms with E-state index in [0.29, 0.717) is 35.6 Å². The van der Waals surface area contributed by atoms with Crippen LogP contribution in [-0.2, 0) is 11.3 Å². The maximum absolute atomic E-state index is 13.2. The number of carbonyl (C=O) groups excluding carboxylic acids is 1. The van der Waals surface area contributed by atoms with Gasteiger partial charge in [0.2, 0.25) is 5.91 Å². The van der Waals surface area contributed by atoms with E-state index in [9.17, 15) is 9.18 Å². The molecule has 1 aliphatic heterocycles. The molecule has 0 saturated heterocycles. The van der Waals surface area contributed by atoms with E-state index in [-0.39, 0.29) is 17.8 Å². The highest BCUT2D eigenvalue weighted by Crippen LogP contribution is 2.36. The molecule has 2 heterocycles. The average molecular weight is 469 g/mol. The van der Waals surface area contributed by atoms with Gasteiger partial charge in [-0.05, 0) is 43.7 Å². The van der Waals surface area contributed by atoms with E-state index >= 15 is 0 Å². The van der Waals surface area contributed by atoms with Crippen molar-refractivity contribution in [2.75, 3.05) is 6.61 Å². The van der Waals surface area contributed by atoms with Crippen molar-refractivity contribution in [3.8, 4) is 11.5 Å². The number of nitrogens with zero attached hydrogens (tertiary/aromatic N) is 3. The molecule has 3 atom stereocenters. The molecule has 9 heteroatoms. The number of carbonyl (C=O) groups is 1. The summed E-state index contributed by atoms with van der Waals surface area (Å²) < 4.78 is 26.9. The summed E-state index contributed by atoms with van der Waals surface area (Å²) in [6, 6.07) is 13.3. The van der Waals surface area contributed by atoms with E-state index in [1.54, 1.807) is 25.1 Å². The maximum atomic E-state index is 13.2. The number of benzene rings is 2. The standard InChI is InChI=1S/C24H25FN4O3S/c1-4-13-29-22(21-14-31-19-7-5-6-8-20(19)32-21)27-28-24(29)33-16(3)23(30)26-15(2)17-9-11-18(25)12-10-17/h4-12,15-16,21H,1,13-14H2,2-3H3,(H,26,30). The second kappa shape index (κ2) is 10.1. The summed E-state index contributed by atoms with van der Waals surface area (Å²) in [4.78, 5) is 12.8. The molecule has 1 aromatic heterocycles. The molecule has 0 spiro atoms. The molecule has 0 bridgehead atoms. The van der Waals surface area contributed by atoms with Crippen molar-refractivity contribution in [1.29, 1.82) is 0 Å². The van der Waals surface area contributed by atoms with E-state index < -0.39 is 11.4 Å². The monoisotopic (exact) mass is 468 g/mol. The highest BCUT2D eigenvalue weighted by molar-refractivity contribution is 8.00. The number of thioether (sulfide) groups is 1. The lowest BCUT2D eigenvalue weighted by Gasteiger charge is -2.26. The fourth-order valence-corrected chi connectivity index (χ4v) is 4.32. The van der Waals surface area contributed by atoms with Crippen LogP contribution in [0.4, 0.5) is 4.39 Å². The Morgan fingerprint density at radius 3 is 2.70 bits per heavy atom. The van der Waals surface area contributed by atoms with Crippen LogP contribution in [0.1, 0.15) is 37.4 Å². The number of hydrogen-bond donors (Lipinski definition) is 1. The lowest BCUT2D eigenvalue weighted by Crippen LogP contribution is -2.33. The zero-order valence-electron chi connectivity index (χ0n) is 18.4. The van der Waals surface area contributed by atoms with Crippen molar-refractivity contribution >= 4 is 17.7 Å². The topological polar surface area (TPSA) is 78.3 Å². The lowest BCUT2D eigenvalue weighted by molar-refractivity contribution is -0.120. The Morgan fingerprint density at radius 2 is 1.97 bits per heavy atom. The van der Waals surface area contributed by atoms with Gasteiger partial charge >= 0.3 is 0 Å². The first-order valence-electron chi connectivity index (χ1n) is 10.6. The SMILES string of the molecule is C=CCn1c(SC(C)C(=O)NC(C)c2ccc(F)cc2)nnc1C1COc2ccccc2O1. The molecule has 0 saturated carbocycles. The Kier molecular flexibility index (Phi) is 6.98. The van der Waals surface area contributed by atoms with Crippen LogP contribution in [0, 0.1) is 5.82 Å². The van der Waals surface area contributed by atoms with Gasteiger partial charge in [-0.25, -0.2) is 4.39 Å². The Hall–Kier alpha value is -3.33. The first kappa shape index (κ1) is 22.8. The maximum Gasteiger partial charge on any atom is 0.233 e. The molecule has 1 N–H and O–H groups in total. The molecule has 1 aliphatic rings. The van der Waals surface area contributed by atoms with Crippen molar-refractivity contribution in [3.63, 3.8) is 0 Å². The van der Waals surface area contributed by atoms with Gasteiger partial charge in [0, 0.05) is 6.54 Å². The van der Waals surface area contributed by atoms with Crippen LogP contribution in [0.2, 0.25) is 0 Å². The van der Waals surface area contributed by atoms with E-state index in [1.807, 2.05) is 35.8 Å². The average Bonchev–Trinajstić information content (AvgIpc) is 3.21. The number of allylic oxidation sites excluding steroid dienone is 1. The molecule has 7 nitrogen and oxygen atoms in total. The third kappa shape index (κ3) is 5.19. The summed E-state index contributed by atoms with van der Waals surface area (Å²) in [5.41, 5.74) is 0.828.